The minimum absolute atomic E-state index is 0.0148. The molecule has 6 nitrogen and oxygen atoms in total. The number of thiophene rings is 1. The van der Waals surface area contributed by atoms with E-state index in [0.29, 0.717) is 18.2 Å². The lowest BCUT2D eigenvalue weighted by Gasteiger charge is -2.18. The zero-order chi connectivity index (χ0) is 23.4. The van der Waals surface area contributed by atoms with Gasteiger partial charge in [-0.2, -0.15) is 0 Å². The van der Waals surface area contributed by atoms with Crippen molar-refractivity contribution >= 4 is 39.2 Å². The minimum Gasteiger partial charge on any atom is -0.497 e. The lowest BCUT2D eigenvalue weighted by Crippen LogP contribution is -2.28. The zero-order valence-electron chi connectivity index (χ0n) is 19.1. The third kappa shape index (κ3) is 5.17. The Balaban J connectivity index is 1.55. The lowest BCUT2D eigenvalue weighted by molar-refractivity contribution is -0.127. The van der Waals surface area contributed by atoms with Crippen LogP contribution in [-0.2, 0) is 30.7 Å². The maximum Gasteiger partial charge on any atom is 0.263 e. The first-order chi connectivity index (χ1) is 16.0. The van der Waals surface area contributed by atoms with E-state index < -0.39 is 0 Å². The number of amides is 1. The molecule has 0 aliphatic heterocycles. The summed E-state index contributed by atoms with van der Waals surface area (Å²) < 4.78 is 6.93. The molecule has 0 saturated heterocycles. The molecule has 0 bridgehead atoms. The molecule has 174 valence electrons. The van der Waals surface area contributed by atoms with Crippen molar-refractivity contribution in [1.82, 2.24) is 14.5 Å². The molecule has 1 aliphatic carbocycles. The Kier molecular flexibility index (Phi) is 7.55. The maximum absolute atomic E-state index is 13.4. The summed E-state index contributed by atoms with van der Waals surface area (Å²) >= 11 is 2.96. The Hall–Kier alpha value is -2.58. The largest absolute Gasteiger partial charge is 0.497 e. The van der Waals surface area contributed by atoms with Gasteiger partial charge < -0.3 is 9.64 Å². The van der Waals surface area contributed by atoms with Gasteiger partial charge in [0.25, 0.3) is 5.56 Å². The van der Waals surface area contributed by atoms with Gasteiger partial charge in [-0.3, -0.25) is 14.2 Å². The molecule has 0 unspecified atom stereocenters. The van der Waals surface area contributed by atoms with Gasteiger partial charge in [0.2, 0.25) is 5.91 Å². The molecular weight excluding hydrogens is 454 g/mol. The summed E-state index contributed by atoms with van der Waals surface area (Å²) in [5.74, 6) is 0.952. The van der Waals surface area contributed by atoms with Crippen molar-refractivity contribution in [3.05, 3.63) is 63.3 Å². The van der Waals surface area contributed by atoms with Crippen LogP contribution in [-0.4, -0.2) is 40.3 Å². The summed E-state index contributed by atoms with van der Waals surface area (Å²) in [7, 11) is 3.41. The SMILES string of the molecule is C=CCn1c(SCC(=O)N(C)Cc2cccc(OC)c2)nc2sc3c(c2c1=O)CCCCC3. The van der Waals surface area contributed by atoms with Crippen LogP contribution in [0.15, 0.2) is 46.9 Å². The highest BCUT2D eigenvalue weighted by atomic mass is 32.2. The summed E-state index contributed by atoms with van der Waals surface area (Å²) in [5, 5.41) is 1.34. The quantitative estimate of drug-likeness (QED) is 0.202. The minimum atomic E-state index is -0.0238. The van der Waals surface area contributed by atoms with E-state index in [1.165, 1.54) is 28.6 Å². The number of hydrogen-bond donors (Lipinski definition) is 0. The molecule has 0 spiro atoms. The van der Waals surface area contributed by atoms with Gasteiger partial charge in [0, 0.05) is 25.0 Å². The zero-order valence-corrected chi connectivity index (χ0v) is 20.8. The van der Waals surface area contributed by atoms with E-state index >= 15 is 0 Å². The van der Waals surface area contributed by atoms with Gasteiger partial charge in [-0.25, -0.2) is 4.98 Å². The van der Waals surface area contributed by atoms with E-state index in [0.717, 1.165) is 47.2 Å². The predicted molar refractivity (Wildman–Crippen MR) is 136 cm³/mol. The highest BCUT2D eigenvalue weighted by Gasteiger charge is 2.22. The van der Waals surface area contributed by atoms with E-state index in [1.54, 1.807) is 41.0 Å². The molecule has 0 fully saturated rings. The Morgan fingerprint density at radius 2 is 2.15 bits per heavy atom. The van der Waals surface area contributed by atoms with Gasteiger partial charge >= 0.3 is 0 Å². The number of nitrogens with zero attached hydrogens (tertiary/aromatic N) is 3. The fourth-order valence-corrected chi connectivity index (χ4v) is 6.42. The van der Waals surface area contributed by atoms with Gasteiger partial charge in [0.05, 0.1) is 18.2 Å². The number of benzene rings is 1. The summed E-state index contributed by atoms with van der Waals surface area (Å²) in [6.45, 7) is 4.68. The van der Waals surface area contributed by atoms with Crippen LogP contribution < -0.4 is 10.3 Å². The molecule has 2 heterocycles. The fourth-order valence-electron chi connectivity index (χ4n) is 4.17. The first kappa shape index (κ1) is 23.6. The monoisotopic (exact) mass is 483 g/mol. The summed E-state index contributed by atoms with van der Waals surface area (Å²) in [6, 6.07) is 7.69. The second-order valence-corrected chi connectivity index (χ2v) is 10.3. The first-order valence-electron chi connectivity index (χ1n) is 11.2. The normalized spacial score (nSPS) is 13.4. The number of aryl methyl sites for hydroxylation is 2. The van der Waals surface area contributed by atoms with Crippen LogP contribution >= 0.6 is 23.1 Å². The van der Waals surface area contributed by atoms with Gasteiger partial charge in [0.15, 0.2) is 5.16 Å². The smallest absolute Gasteiger partial charge is 0.263 e. The van der Waals surface area contributed by atoms with Crippen LogP contribution in [0.1, 0.15) is 35.3 Å². The number of allylic oxidation sites excluding steroid dienone is 1. The number of ether oxygens (including phenoxy) is 1. The van der Waals surface area contributed by atoms with Crippen molar-refractivity contribution in [3.63, 3.8) is 0 Å². The van der Waals surface area contributed by atoms with E-state index in [9.17, 15) is 9.59 Å². The number of rotatable bonds is 8. The van der Waals surface area contributed by atoms with Crippen molar-refractivity contribution in [1.29, 1.82) is 0 Å². The molecule has 1 amide bonds. The highest BCUT2D eigenvalue weighted by molar-refractivity contribution is 7.99. The molecule has 3 aromatic rings. The molecule has 0 N–H and O–H groups in total. The molecule has 0 atom stereocenters. The first-order valence-corrected chi connectivity index (χ1v) is 13.0. The van der Waals surface area contributed by atoms with Gasteiger partial charge in [0.1, 0.15) is 10.6 Å². The van der Waals surface area contributed by atoms with Crippen LogP contribution in [0.4, 0.5) is 0 Å². The van der Waals surface area contributed by atoms with Crippen molar-refractivity contribution in [2.75, 3.05) is 19.9 Å². The van der Waals surface area contributed by atoms with Crippen molar-refractivity contribution in [3.8, 4) is 5.75 Å². The van der Waals surface area contributed by atoms with E-state index in [1.807, 2.05) is 24.3 Å². The van der Waals surface area contributed by atoms with Crippen LogP contribution in [0.25, 0.3) is 10.2 Å². The van der Waals surface area contributed by atoms with Crippen molar-refractivity contribution in [2.24, 2.45) is 0 Å². The van der Waals surface area contributed by atoms with Crippen LogP contribution in [0.5, 0.6) is 5.75 Å². The Labute approximate surface area is 202 Å². The highest BCUT2D eigenvalue weighted by Crippen LogP contribution is 2.34. The predicted octanol–water partition coefficient (Wildman–Crippen LogP) is 4.67. The average Bonchev–Trinajstić information content (AvgIpc) is 3.00. The Morgan fingerprint density at radius 1 is 1.33 bits per heavy atom. The summed E-state index contributed by atoms with van der Waals surface area (Å²) in [6.07, 6.45) is 7.16. The average molecular weight is 484 g/mol. The molecule has 33 heavy (non-hydrogen) atoms. The molecule has 2 aromatic heterocycles. The van der Waals surface area contributed by atoms with Gasteiger partial charge in [-0.1, -0.05) is 36.4 Å². The number of hydrogen-bond acceptors (Lipinski definition) is 6. The fraction of sp³-hybridized carbons (Fsp3) is 0.400. The van der Waals surface area contributed by atoms with E-state index in [2.05, 4.69) is 6.58 Å². The van der Waals surface area contributed by atoms with Crippen LogP contribution in [0, 0.1) is 0 Å². The summed E-state index contributed by atoms with van der Waals surface area (Å²) in [5.41, 5.74) is 2.17. The number of methoxy groups -OCH3 is 1. The number of aromatic nitrogens is 2. The third-order valence-electron chi connectivity index (χ3n) is 5.91. The second-order valence-electron chi connectivity index (χ2n) is 8.23. The van der Waals surface area contributed by atoms with Crippen LogP contribution in [0.2, 0.25) is 0 Å². The molecule has 0 radical (unpaired) electrons. The summed E-state index contributed by atoms with van der Waals surface area (Å²) in [4.78, 5) is 34.9. The lowest BCUT2D eigenvalue weighted by atomic mass is 10.1. The number of carbonyl (C=O) groups excluding carboxylic acids is 1. The number of fused-ring (bicyclic) bond motifs is 3. The molecular formula is C25H29N3O3S2. The topological polar surface area (TPSA) is 64.4 Å². The molecule has 1 aliphatic rings. The second kappa shape index (κ2) is 10.6. The molecule has 8 heteroatoms. The van der Waals surface area contributed by atoms with E-state index in [-0.39, 0.29) is 17.2 Å². The van der Waals surface area contributed by atoms with Gasteiger partial charge in [-0.15, -0.1) is 17.9 Å². The maximum atomic E-state index is 13.4. The Bertz CT molecular complexity index is 1230. The van der Waals surface area contributed by atoms with Crippen molar-refractivity contribution < 1.29 is 9.53 Å². The standard InChI is InChI=1S/C25H29N3O3S2/c1-4-13-28-24(30)22-19-11-6-5-7-12-20(19)33-23(22)26-25(28)32-16-21(29)27(2)15-17-9-8-10-18(14-17)31-3/h4,8-10,14H,1,5-7,11-13,15-16H2,2-3H3. The molecule has 0 saturated carbocycles. The Morgan fingerprint density at radius 3 is 2.94 bits per heavy atom. The number of thioether (sulfide) groups is 1. The van der Waals surface area contributed by atoms with Crippen molar-refractivity contribution in [2.45, 2.75) is 50.4 Å². The molecule has 4 rings (SSSR count). The van der Waals surface area contributed by atoms with Crippen LogP contribution in [0.3, 0.4) is 0 Å². The number of carbonyl (C=O) groups is 1. The van der Waals surface area contributed by atoms with E-state index in [4.69, 9.17) is 9.72 Å². The van der Waals surface area contributed by atoms with Gasteiger partial charge in [-0.05, 0) is 48.9 Å². The molecule has 1 aromatic carbocycles. The third-order valence-corrected chi connectivity index (χ3v) is 8.05.